The lowest BCUT2D eigenvalue weighted by atomic mass is 10.1. The van der Waals surface area contributed by atoms with Crippen LogP contribution < -0.4 is 5.32 Å². The molecule has 0 spiro atoms. The molecule has 0 bridgehead atoms. The van der Waals surface area contributed by atoms with Crippen LogP contribution in [0.2, 0.25) is 0 Å². The minimum atomic E-state index is -0.493. The maximum Gasteiger partial charge on any atom is 0.293 e. The largest absolute Gasteiger partial charge is 0.383 e. The topological polar surface area (TPSA) is 103 Å². The van der Waals surface area contributed by atoms with Gasteiger partial charge in [0.25, 0.3) is 11.6 Å². The van der Waals surface area contributed by atoms with E-state index < -0.39 is 4.92 Å². The molecule has 1 amide bonds. The monoisotopic (exact) mass is 375 g/mol. The van der Waals surface area contributed by atoms with Gasteiger partial charge in [-0.1, -0.05) is 0 Å². The second-order valence-corrected chi connectivity index (χ2v) is 6.46. The third kappa shape index (κ3) is 5.27. The summed E-state index contributed by atoms with van der Waals surface area (Å²) in [5, 5.41) is 18.5. The van der Waals surface area contributed by atoms with Crippen molar-refractivity contribution in [2.45, 2.75) is 26.4 Å². The van der Waals surface area contributed by atoms with Crippen LogP contribution >= 0.6 is 0 Å². The summed E-state index contributed by atoms with van der Waals surface area (Å²) in [4.78, 5) is 25.6. The van der Waals surface area contributed by atoms with Crippen LogP contribution in [-0.4, -0.2) is 51.8 Å². The standard InChI is InChI=1S/C18H25N5O4/c1-13(2)22(12-14-10-20-21(3)11-14)18(24)15-5-6-16(19-7-8-27-4)17(9-15)23(25)26/h5-6,9-11,13,19H,7-8,12H2,1-4H3. The number of aryl methyl sites for hydroxylation is 1. The molecule has 0 aliphatic heterocycles. The summed E-state index contributed by atoms with van der Waals surface area (Å²) >= 11 is 0. The predicted molar refractivity (Wildman–Crippen MR) is 102 cm³/mol. The lowest BCUT2D eigenvalue weighted by Gasteiger charge is -2.26. The molecular formula is C18H25N5O4. The number of nitrogens with zero attached hydrogens (tertiary/aromatic N) is 4. The van der Waals surface area contributed by atoms with Crippen molar-refractivity contribution < 1.29 is 14.5 Å². The summed E-state index contributed by atoms with van der Waals surface area (Å²) in [6.07, 6.45) is 3.54. The molecule has 146 valence electrons. The van der Waals surface area contributed by atoms with Gasteiger partial charge in [-0.25, -0.2) is 0 Å². The van der Waals surface area contributed by atoms with E-state index in [9.17, 15) is 14.9 Å². The Morgan fingerprint density at radius 1 is 1.44 bits per heavy atom. The van der Waals surface area contributed by atoms with E-state index in [2.05, 4.69) is 10.4 Å². The fourth-order valence-electron chi connectivity index (χ4n) is 2.66. The Balaban J connectivity index is 2.26. The number of rotatable bonds is 9. The highest BCUT2D eigenvalue weighted by atomic mass is 16.6. The first-order valence-corrected chi connectivity index (χ1v) is 8.63. The molecule has 2 rings (SSSR count). The number of benzene rings is 1. The summed E-state index contributed by atoms with van der Waals surface area (Å²) in [6.45, 7) is 5.05. The first-order valence-electron chi connectivity index (χ1n) is 8.63. The first-order chi connectivity index (χ1) is 12.8. The van der Waals surface area contributed by atoms with Crippen LogP contribution in [0.1, 0.15) is 29.8 Å². The van der Waals surface area contributed by atoms with Gasteiger partial charge >= 0.3 is 0 Å². The summed E-state index contributed by atoms with van der Waals surface area (Å²) in [6, 6.07) is 4.40. The van der Waals surface area contributed by atoms with Crippen molar-refractivity contribution in [1.29, 1.82) is 0 Å². The van der Waals surface area contributed by atoms with E-state index in [-0.39, 0.29) is 23.2 Å². The van der Waals surface area contributed by atoms with Crippen molar-refractivity contribution in [2.24, 2.45) is 7.05 Å². The van der Waals surface area contributed by atoms with Gasteiger partial charge in [0.05, 0.1) is 17.7 Å². The van der Waals surface area contributed by atoms with Crippen molar-refractivity contribution in [3.63, 3.8) is 0 Å². The van der Waals surface area contributed by atoms with E-state index in [1.165, 1.54) is 6.07 Å². The zero-order valence-electron chi connectivity index (χ0n) is 16.0. The maximum atomic E-state index is 13.0. The van der Waals surface area contributed by atoms with Crippen molar-refractivity contribution in [3.05, 3.63) is 51.8 Å². The summed E-state index contributed by atoms with van der Waals surface area (Å²) < 4.78 is 6.61. The van der Waals surface area contributed by atoms with Crippen molar-refractivity contribution in [1.82, 2.24) is 14.7 Å². The highest BCUT2D eigenvalue weighted by Crippen LogP contribution is 2.26. The third-order valence-electron chi connectivity index (χ3n) is 4.06. The smallest absolute Gasteiger partial charge is 0.293 e. The third-order valence-corrected chi connectivity index (χ3v) is 4.06. The number of carbonyl (C=O) groups is 1. The zero-order valence-corrected chi connectivity index (χ0v) is 16.0. The first kappa shape index (κ1) is 20.4. The quantitative estimate of drug-likeness (QED) is 0.410. The number of ether oxygens (including phenoxy) is 1. The van der Waals surface area contributed by atoms with E-state index in [1.54, 1.807) is 35.0 Å². The maximum absolute atomic E-state index is 13.0. The molecule has 0 saturated heterocycles. The molecule has 9 heteroatoms. The molecule has 1 N–H and O–H groups in total. The molecule has 9 nitrogen and oxygen atoms in total. The molecule has 1 aromatic carbocycles. The van der Waals surface area contributed by atoms with Gasteiger partial charge in [0.15, 0.2) is 0 Å². The van der Waals surface area contributed by atoms with Gasteiger partial charge in [0.2, 0.25) is 0 Å². The minimum Gasteiger partial charge on any atom is -0.383 e. The van der Waals surface area contributed by atoms with Gasteiger partial charge in [-0.15, -0.1) is 0 Å². The Morgan fingerprint density at radius 3 is 2.74 bits per heavy atom. The summed E-state index contributed by atoms with van der Waals surface area (Å²) in [5.41, 5.74) is 1.39. The van der Waals surface area contributed by atoms with E-state index in [4.69, 9.17) is 4.74 Å². The van der Waals surface area contributed by atoms with Crippen molar-refractivity contribution >= 4 is 17.3 Å². The van der Waals surface area contributed by atoms with Gasteiger partial charge in [-0.3, -0.25) is 19.6 Å². The second kappa shape index (κ2) is 9.13. The number of amides is 1. The van der Waals surface area contributed by atoms with Gasteiger partial charge < -0.3 is 15.0 Å². The molecular weight excluding hydrogens is 350 g/mol. The Bertz CT molecular complexity index is 803. The van der Waals surface area contributed by atoms with Crippen LogP contribution in [0.5, 0.6) is 0 Å². The molecule has 2 aromatic rings. The average Bonchev–Trinajstić information content (AvgIpc) is 3.04. The van der Waals surface area contributed by atoms with Crippen molar-refractivity contribution in [2.75, 3.05) is 25.6 Å². The van der Waals surface area contributed by atoms with Crippen LogP contribution in [0.15, 0.2) is 30.6 Å². The number of hydrogen-bond acceptors (Lipinski definition) is 6. The Hall–Kier alpha value is -2.94. The number of carbonyl (C=O) groups excluding carboxylic acids is 1. The molecule has 0 fully saturated rings. The Morgan fingerprint density at radius 2 is 2.19 bits per heavy atom. The zero-order chi connectivity index (χ0) is 20.0. The number of aromatic nitrogens is 2. The normalized spacial score (nSPS) is 10.9. The van der Waals surface area contributed by atoms with E-state index in [0.29, 0.717) is 25.4 Å². The number of nitro groups is 1. The molecule has 27 heavy (non-hydrogen) atoms. The van der Waals surface area contributed by atoms with E-state index in [1.807, 2.05) is 27.1 Å². The number of hydrogen-bond donors (Lipinski definition) is 1. The van der Waals surface area contributed by atoms with E-state index in [0.717, 1.165) is 5.56 Å². The fourth-order valence-corrected chi connectivity index (χ4v) is 2.66. The molecule has 0 radical (unpaired) electrons. The SMILES string of the molecule is COCCNc1ccc(C(=O)N(Cc2cnn(C)c2)C(C)C)cc1[N+](=O)[O-]. The lowest BCUT2D eigenvalue weighted by Crippen LogP contribution is -2.36. The lowest BCUT2D eigenvalue weighted by molar-refractivity contribution is -0.384. The van der Waals surface area contributed by atoms with Gasteiger partial charge in [-0.2, -0.15) is 5.10 Å². The Kier molecular flexibility index (Phi) is 6.89. The number of methoxy groups -OCH3 is 1. The predicted octanol–water partition coefficient (Wildman–Crippen LogP) is 2.44. The molecule has 0 aliphatic carbocycles. The summed E-state index contributed by atoms with van der Waals surface area (Å²) in [5.74, 6) is -0.264. The molecule has 0 saturated carbocycles. The molecule has 0 aliphatic rings. The highest BCUT2D eigenvalue weighted by molar-refractivity contribution is 5.96. The molecule has 0 atom stereocenters. The molecule has 1 heterocycles. The molecule has 0 unspecified atom stereocenters. The second-order valence-electron chi connectivity index (χ2n) is 6.46. The number of nitrogens with one attached hydrogen (secondary N) is 1. The van der Waals surface area contributed by atoms with Crippen LogP contribution in [-0.2, 0) is 18.3 Å². The molecule has 1 aromatic heterocycles. The van der Waals surface area contributed by atoms with Crippen LogP contribution in [0.25, 0.3) is 0 Å². The fraction of sp³-hybridized carbons (Fsp3) is 0.444. The van der Waals surface area contributed by atoms with Gasteiger partial charge in [-0.05, 0) is 26.0 Å². The van der Waals surface area contributed by atoms with Crippen LogP contribution in [0.4, 0.5) is 11.4 Å². The van der Waals surface area contributed by atoms with Gasteiger partial charge in [0.1, 0.15) is 5.69 Å². The van der Waals surface area contributed by atoms with Gasteiger partial charge in [0, 0.05) is 56.7 Å². The number of nitro benzene ring substituents is 1. The van der Waals surface area contributed by atoms with Crippen molar-refractivity contribution in [3.8, 4) is 0 Å². The Labute approximate surface area is 158 Å². The van der Waals surface area contributed by atoms with Crippen LogP contribution in [0, 0.1) is 10.1 Å². The summed E-state index contributed by atoms with van der Waals surface area (Å²) in [7, 11) is 3.37. The highest BCUT2D eigenvalue weighted by Gasteiger charge is 2.23. The number of anilines is 1. The van der Waals surface area contributed by atoms with E-state index >= 15 is 0 Å². The average molecular weight is 375 g/mol. The van der Waals surface area contributed by atoms with Crippen LogP contribution in [0.3, 0.4) is 0 Å². The minimum absolute atomic E-state index is 0.0729.